The van der Waals surface area contributed by atoms with Crippen molar-refractivity contribution in [3.8, 4) is 5.75 Å². The van der Waals surface area contributed by atoms with Crippen LogP contribution < -0.4 is 15.4 Å². The van der Waals surface area contributed by atoms with Gasteiger partial charge in [-0.3, -0.25) is 0 Å². The number of urea groups is 1. The maximum absolute atomic E-state index is 11.6. The van der Waals surface area contributed by atoms with Crippen LogP contribution in [0.25, 0.3) is 0 Å². The quantitative estimate of drug-likeness (QED) is 0.708. The Morgan fingerprint density at radius 1 is 1.37 bits per heavy atom. The van der Waals surface area contributed by atoms with E-state index in [1.54, 1.807) is 12.1 Å². The lowest BCUT2D eigenvalue weighted by atomic mass is 10.1. The molecule has 1 aromatic rings. The monoisotopic (exact) mass is 266 g/mol. The van der Waals surface area contributed by atoms with Crippen LogP contribution in [-0.2, 0) is 0 Å². The molecule has 106 valence electrons. The maximum Gasteiger partial charge on any atom is 0.319 e. The van der Waals surface area contributed by atoms with Gasteiger partial charge in [0.1, 0.15) is 5.75 Å². The Morgan fingerprint density at radius 3 is 2.63 bits per heavy atom. The van der Waals surface area contributed by atoms with Crippen molar-refractivity contribution in [1.29, 1.82) is 0 Å². The summed E-state index contributed by atoms with van der Waals surface area (Å²) in [5.41, 5.74) is 0.718. The second-order valence-corrected chi connectivity index (χ2v) is 4.41. The lowest BCUT2D eigenvalue weighted by molar-refractivity contribution is 0.243. The topological polar surface area (TPSA) is 70.6 Å². The van der Waals surface area contributed by atoms with Crippen molar-refractivity contribution < 1.29 is 14.6 Å². The molecule has 1 unspecified atom stereocenters. The number of carbonyl (C=O) groups excluding carboxylic acids is 1. The summed E-state index contributed by atoms with van der Waals surface area (Å²) in [6, 6.07) is 6.97. The van der Waals surface area contributed by atoms with Gasteiger partial charge in [0.25, 0.3) is 0 Å². The van der Waals surface area contributed by atoms with Crippen LogP contribution >= 0.6 is 0 Å². The third-order valence-corrected chi connectivity index (χ3v) is 2.66. The van der Waals surface area contributed by atoms with E-state index in [1.807, 2.05) is 26.0 Å². The zero-order valence-electron chi connectivity index (χ0n) is 11.5. The van der Waals surface area contributed by atoms with Crippen LogP contribution in [-0.4, -0.2) is 30.9 Å². The van der Waals surface area contributed by atoms with Crippen molar-refractivity contribution in [3.63, 3.8) is 0 Å². The average Bonchev–Trinajstić information content (AvgIpc) is 2.39. The number of rotatable bonds is 7. The number of aliphatic hydroxyl groups excluding tert-OH is 1. The maximum atomic E-state index is 11.6. The number of hydrogen-bond acceptors (Lipinski definition) is 3. The highest BCUT2D eigenvalue weighted by atomic mass is 16.5. The minimum atomic E-state index is -0.242. The number of aliphatic hydroxyl groups is 1. The number of anilines is 1. The fourth-order valence-electron chi connectivity index (χ4n) is 1.57. The number of carbonyl (C=O) groups is 1. The number of benzene rings is 1. The van der Waals surface area contributed by atoms with Crippen LogP contribution in [0.5, 0.6) is 5.75 Å². The van der Waals surface area contributed by atoms with Gasteiger partial charge < -0.3 is 20.5 Å². The zero-order chi connectivity index (χ0) is 14.1. The van der Waals surface area contributed by atoms with Crippen LogP contribution in [0.15, 0.2) is 24.3 Å². The summed E-state index contributed by atoms with van der Waals surface area (Å²) in [5.74, 6) is 1.04. The molecule has 5 nitrogen and oxygen atoms in total. The minimum absolute atomic E-state index is 0.142. The molecular formula is C14H22N2O3. The summed E-state index contributed by atoms with van der Waals surface area (Å²) in [5, 5.41) is 14.3. The predicted octanol–water partition coefficient (Wildman–Crippen LogP) is 2.23. The lowest BCUT2D eigenvalue weighted by Gasteiger charge is -2.12. The Hall–Kier alpha value is -1.75. The van der Waals surface area contributed by atoms with E-state index in [-0.39, 0.29) is 18.6 Å². The number of ether oxygens (including phenoxy) is 1. The van der Waals surface area contributed by atoms with E-state index < -0.39 is 0 Å². The fraction of sp³-hybridized carbons (Fsp3) is 0.500. The molecule has 0 aliphatic heterocycles. The first-order chi connectivity index (χ1) is 9.15. The average molecular weight is 266 g/mol. The molecule has 19 heavy (non-hydrogen) atoms. The van der Waals surface area contributed by atoms with Gasteiger partial charge in [0.05, 0.1) is 6.61 Å². The molecule has 0 aliphatic rings. The summed E-state index contributed by atoms with van der Waals surface area (Å²) < 4.78 is 5.32. The van der Waals surface area contributed by atoms with E-state index in [9.17, 15) is 4.79 Å². The molecule has 0 radical (unpaired) electrons. The Balaban J connectivity index is 2.35. The minimum Gasteiger partial charge on any atom is -0.494 e. The second-order valence-electron chi connectivity index (χ2n) is 4.41. The first-order valence-corrected chi connectivity index (χ1v) is 6.54. The SMILES string of the molecule is CCOc1ccc(NC(=O)NCC(C)CCO)cc1. The Kier molecular flexibility index (Phi) is 6.74. The van der Waals surface area contributed by atoms with E-state index in [4.69, 9.17) is 9.84 Å². The zero-order valence-corrected chi connectivity index (χ0v) is 11.5. The van der Waals surface area contributed by atoms with Crippen LogP contribution in [0.1, 0.15) is 20.3 Å². The summed E-state index contributed by atoms with van der Waals surface area (Å²) in [6.45, 7) is 5.21. The summed E-state index contributed by atoms with van der Waals surface area (Å²) in [4.78, 5) is 11.6. The Bertz CT molecular complexity index is 379. The van der Waals surface area contributed by atoms with Crippen molar-refractivity contribution in [1.82, 2.24) is 5.32 Å². The van der Waals surface area contributed by atoms with Gasteiger partial charge in [0, 0.05) is 18.8 Å². The van der Waals surface area contributed by atoms with Crippen LogP contribution in [0.2, 0.25) is 0 Å². The molecule has 0 aromatic heterocycles. The molecule has 1 atom stereocenters. The first-order valence-electron chi connectivity index (χ1n) is 6.54. The van der Waals surface area contributed by atoms with Gasteiger partial charge in [-0.15, -0.1) is 0 Å². The molecule has 0 bridgehead atoms. The molecule has 0 fully saturated rings. The predicted molar refractivity (Wildman–Crippen MR) is 75.5 cm³/mol. The van der Waals surface area contributed by atoms with Crippen LogP contribution in [0.4, 0.5) is 10.5 Å². The van der Waals surface area contributed by atoms with Crippen molar-refractivity contribution >= 4 is 11.7 Å². The van der Waals surface area contributed by atoms with E-state index in [0.717, 1.165) is 11.4 Å². The molecule has 0 saturated heterocycles. The van der Waals surface area contributed by atoms with E-state index >= 15 is 0 Å². The summed E-state index contributed by atoms with van der Waals surface area (Å²) >= 11 is 0. The van der Waals surface area contributed by atoms with Gasteiger partial charge in [-0.2, -0.15) is 0 Å². The van der Waals surface area contributed by atoms with Gasteiger partial charge in [-0.05, 0) is 43.5 Å². The van der Waals surface area contributed by atoms with E-state index in [2.05, 4.69) is 10.6 Å². The molecule has 1 rings (SSSR count). The standard InChI is InChI=1S/C14H22N2O3/c1-3-19-13-6-4-12(5-7-13)16-14(18)15-10-11(2)8-9-17/h4-7,11,17H,3,8-10H2,1-2H3,(H2,15,16,18). The van der Waals surface area contributed by atoms with Crippen LogP contribution in [0, 0.1) is 5.92 Å². The molecule has 0 spiro atoms. The molecule has 3 N–H and O–H groups in total. The van der Waals surface area contributed by atoms with Gasteiger partial charge in [-0.1, -0.05) is 6.92 Å². The molecule has 2 amide bonds. The molecule has 1 aromatic carbocycles. The highest BCUT2D eigenvalue weighted by molar-refractivity contribution is 5.89. The van der Waals surface area contributed by atoms with Gasteiger partial charge in [-0.25, -0.2) is 4.79 Å². The van der Waals surface area contributed by atoms with Crippen LogP contribution in [0.3, 0.4) is 0 Å². The highest BCUT2D eigenvalue weighted by Gasteiger charge is 2.05. The Labute approximate surface area is 114 Å². The third-order valence-electron chi connectivity index (χ3n) is 2.66. The number of amides is 2. The second kappa shape index (κ2) is 8.37. The van der Waals surface area contributed by atoms with E-state index in [1.165, 1.54) is 0 Å². The largest absolute Gasteiger partial charge is 0.494 e. The lowest BCUT2D eigenvalue weighted by Crippen LogP contribution is -2.32. The Morgan fingerprint density at radius 2 is 2.05 bits per heavy atom. The highest BCUT2D eigenvalue weighted by Crippen LogP contribution is 2.15. The van der Waals surface area contributed by atoms with Gasteiger partial charge in [0.15, 0.2) is 0 Å². The smallest absolute Gasteiger partial charge is 0.319 e. The van der Waals surface area contributed by atoms with E-state index in [0.29, 0.717) is 19.6 Å². The van der Waals surface area contributed by atoms with Crippen molar-refractivity contribution in [2.45, 2.75) is 20.3 Å². The molecule has 0 saturated carbocycles. The van der Waals surface area contributed by atoms with Crippen molar-refractivity contribution in [2.24, 2.45) is 5.92 Å². The summed E-state index contributed by atoms with van der Waals surface area (Å²) in [6.07, 6.45) is 0.684. The number of nitrogens with one attached hydrogen (secondary N) is 2. The van der Waals surface area contributed by atoms with Gasteiger partial charge >= 0.3 is 6.03 Å². The molecular weight excluding hydrogens is 244 g/mol. The van der Waals surface area contributed by atoms with Crippen molar-refractivity contribution in [2.75, 3.05) is 25.1 Å². The first kappa shape index (κ1) is 15.3. The van der Waals surface area contributed by atoms with Gasteiger partial charge in [0.2, 0.25) is 0 Å². The normalized spacial score (nSPS) is 11.7. The number of hydrogen-bond donors (Lipinski definition) is 3. The van der Waals surface area contributed by atoms with Crippen molar-refractivity contribution in [3.05, 3.63) is 24.3 Å². The summed E-state index contributed by atoms with van der Waals surface area (Å²) in [7, 11) is 0. The third kappa shape index (κ3) is 6.10. The fourth-order valence-corrected chi connectivity index (χ4v) is 1.57. The molecule has 0 aliphatic carbocycles. The molecule has 5 heteroatoms. The molecule has 0 heterocycles.